The SMILES string of the molecule is CCC(CCC(C)C)Cc1ccc(O)cc1. The molecule has 0 saturated carbocycles. The molecule has 1 aromatic rings. The van der Waals surface area contributed by atoms with Crippen LogP contribution in [0.2, 0.25) is 0 Å². The van der Waals surface area contributed by atoms with Crippen LogP contribution in [0.15, 0.2) is 24.3 Å². The fraction of sp³-hybridized carbons (Fsp3) is 0.600. The van der Waals surface area contributed by atoms with E-state index in [1.54, 1.807) is 12.1 Å². The third kappa shape index (κ3) is 4.69. The van der Waals surface area contributed by atoms with Crippen LogP contribution in [0.1, 0.15) is 45.6 Å². The van der Waals surface area contributed by atoms with Gasteiger partial charge in [0.25, 0.3) is 0 Å². The van der Waals surface area contributed by atoms with E-state index in [1.165, 1.54) is 24.8 Å². The van der Waals surface area contributed by atoms with Crippen LogP contribution in [0, 0.1) is 11.8 Å². The summed E-state index contributed by atoms with van der Waals surface area (Å²) in [6, 6.07) is 7.63. The molecule has 1 rings (SSSR count). The molecule has 16 heavy (non-hydrogen) atoms. The number of phenolic OH excluding ortho intramolecular Hbond substituents is 1. The summed E-state index contributed by atoms with van der Waals surface area (Å²) in [5, 5.41) is 9.22. The highest BCUT2D eigenvalue weighted by Crippen LogP contribution is 2.21. The molecule has 1 aromatic carbocycles. The van der Waals surface area contributed by atoms with E-state index in [0.29, 0.717) is 5.75 Å². The van der Waals surface area contributed by atoms with Gasteiger partial charge in [0.2, 0.25) is 0 Å². The average molecular weight is 220 g/mol. The zero-order chi connectivity index (χ0) is 12.0. The Labute approximate surface area is 99.5 Å². The topological polar surface area (TPSA) is 20.2 Å². The Morgan fingerprint density at radius 3 is 2.19 bits per heavy atom. The molecule has 1 heteroatoms. The number of phenols is 1. The van der Waals surface area contributed by atoms with E-state index < -0.39 is 0 Å². The van der Waals surface area contributed by atoms with E-state index in [4.69, 9.17) is 0 Å². The van der Waals surface area contributed by atoms with Crippen molar-refractivity contribution in [2.45, 2.75) is 46.5 Å². The van der Waals surface area contributed by atoms with Gasteiger partial charge in [-0.05, 0) is 42.4 Å². The van der Waals surface area contributed by atoms with Crippen molar-refractivity contribution in [3.05, 3.63) is 29.8 Å². The molecule has 1 nitrogen and oxygen atoms in total. The van der Waals surface area contributed by atoms with E-state index in [1.807, 2.05) is 12.1 Å². The molecule has 90 valence electrons. The molecule has 0 amide bonds. The van der Waals surface area contributed by atoms with Crippen LogP contribution in [0.4, 0.5) is 0 Å². The second-order valence-corrected chi connectivity index (χ2v) is 5.12. The van der Waals surface area contributed by atoms with E-state index in [-0.39, 0.29) is 0 Å². The van der Waals surface area contributed by atoms with Crippen molar-refractivity contribution in [1.29, 1.82) is 0 Å². The van der Waals surface area contributed by atoms with Crippen LogP contribution in [-0.2, 0) is 6.42 Å². The Hall–Kier alpha value is -0.980. The minimum Gasteiger partial charge on any atom is -0.508 e. The lowest BCUT2D eigenvalue weighted by Crippen LogP contribution is -2.05. The summed E-state index contributed by atoms with van der Waals surface area (Å²) in [5.41, 5.74) is 1.34. The van der Waals surface area contributed by atoms with E-state index in [0.717, 1.165) is 18.3 Å². The molecular formula is C15H24O. The lowest BCUT2D eigenvalue weighted by Gasteiger charge is -2.16. The highest BCUT2D eigenvalue weighted by atomic mass is 16.3. The first-order valence-electron chi connectivity index (χ1n) is 6.39. The van der Waals surface area contributed by atoms with Gasteiger partial charge in [0, 0.05) is 0 Å². The maximum Gasteiger partial charge on any atom is 0.115 e. The van der Waals surface area contributed by atoms with E-state index in [9.17, 15) is 5.11 Å². The molecule has 0 bridgehead atoms. The maximum atomic E-state index is 9.22. The summed E-state index contributed by atoms with van der Waals surface area (Å²) in [4.78, 5) is 0. The first-order valence-corrected chi connectivity index (χ1v) is 6.39. The summed E-state index contributed by atoms with van der Waals surface area (Å²) in [5.74, 6) is 1.94. The van der Waals surface area contributed by atoms with Gasteiger partial charge in [0.1, 0.15) is 5.75 Å². The van der Waals surface area contributed by atoms with Crippen molar-refractivity contribution in [3.63, 3.8) is 0 Å². The molecule has 0 saturated heterocycles. The Kier molecular flexibility index (Phi) is 5.37. The number of benzene rings is 1. The molecule has 0 aliphatic carbocycles. The first kappa shape index (κ1) is 13.1. The monoisotopic (exact) mass is 220 g/mol. The second kappa shape index (κ2) is 6.57. The van der Waals surface area contributed by atoms with Crippen molar-refractivity contribution in [2.24, 2.45) is 11.8 Å². The van der Waals surface area contributed by atoms with Crippen LogP contribution in [0.5, 0.6) is 5.75 Å². The third-order valence-corrected chi connectivity index (χ3v) is 3.19. The summed E-state index contributed by atoms with van der Waals surface area (Å²) in [6.45, 7) is 6.84. The van der Waals surface area contributed by atoms with Crippen molar-refractivity contribution >= 4 is 0 Å². The fourth-order valence-corrected chi connectivity index (χ4v) is 1.98. The lowest BCUT2D eigenvalue weighted by molar-refractivity contribution is 0.410. The van der Waals surface area contributed by atoms with Crippen molar-refractivity contribution < 1.29 is 5.11 Å². The molecule has 0 heterocycles. The zero-order valence-electron chi connectivity index (χ0n) is 10.7. The highest BCUT2D eigenvalue weighted by Gasteiger charge is 2.08. The van der Waals surface area contributed by atoms with Gasteiger partial charge >= 0.3 is 0 Å². The molecule has 0 aromatic heterocycles. The molecular weight excluding hydrogens is 196 g/mol. The standard InChI is InChI=1S/C15H24O/c1-4-13(6-5-12(2)3)11-14-7-9-15(16)10-8-14/h7-10,12-13,16H,4-6,11H2,1-3H3. The summed E-state index contributed by atoms with van der Waals surface area (Å²) >= 11 is 0. The Morgan fingerprint density at radius 2 is 1.69 bits per heavy atom. The molecule has 0 fully saturated rings. The number of aromatic hydroxyl groups is 1. The van der Waals surface area contributed by atoms with Crippen LogP contribution in [0.25, 0.3) is 0 Å². The summed E-state index contributed by atoms with van der Waals surface area (Å²) < 4.78 is 0. The molecule has 1 unspecified atom stereocenters. The third-order valence-electron chi connectivity index (χ3n) is 3.19. The van der Waals surface area contributed by atoms with Gasteiger partial charge in [-0.1, -0.05) is 45.7 Å². The van der Waals surface area contributed by atoms with Crippen LogP contribution >= 0.6 is 0 Å². The maximum absolute atomic E-state index is 9.22. The Morgan fingerprint density at radius 1 is 1.06 bits per heavy atom. The largest absolute Gasteiger partial charge is 0.508 e. The van der Waals surface area contributed by atoms with E-state index in [2.05, 4.69) is 20.8 Å². The number of hydrogen-bond donors (Lipinski definition) is 1. The molecule has 0 aliphatic heterocycles. The van der Waals surface area contributed by atoms with Gasteiger partial charge in [-0.3, -0.25) is 0 Å². The summed E-state index contributed by atoms with van der Waals surface area (Å²) in [6.07, 6.45) is 5.02. The van der Waals surface area contributed by atoms with Crippen molar-refractivity contribution in [2.75, 3.05) is 0 Å². The molecule has 0 aliphatic rings. The minimum atomic E-state index is 0.360. The average Bonchev–Trinajstić information content (AvgIpc) is 2.26. The van der Waals surface area contributed by atoms with Gasteiger partial charge in [-0.15, -0.1) is 0 Å². The van der Waals surface area contributed by atoms with Crippen molar-refractivity contribution in [1.82, 2.24) is 0 Å². The number of hydrogen-bond acceptors (Lipinski definition) is 1. The van der Waals surface area contributed by atoms with Crippen molar-refractivity contribution in [3.8, 4) is 5.75 Å². The van der Waals surface area contributed by atoms with Crippen LogP contribution < -0.4 is 0 Å². The van der Waals surface area contributed by atoms with Gasteiger partial charge in [-0.2, -0.15) is 0 Å². The normalized spacial score (nSPS) is 13.0. The minimum absolute atomic E-state index is 0.360. The lowest BCUT2D eigenvalue weighted by atomic mass is 9.90. The Balaban J connectivity index is 2.46. The van der Waals surface area contributed by atoms with Gasteiger partial charge in [0.15, 0.2) is 0 Å². The second-order valence-electron chi connectivity index (χ2n) is 5.12. The zero-order valence-corrected chi connectivity index (χ0v) is 10.7. The summed E-state index contributed by atoms with van der Waals surface area (Å²) in [7, 11) is 0. The van der Waals surface area contributed by atoms with Gasteiger partial charge in [-0.25, -0.2) is 0 Å². The van der Waals surface area contributed by atoms with Crippen LogP contribution in [-0.4, -0.2) is 5.11 Å². The van der Waals surface area contributed by atoms with E-state index >= 15 is 0 Å². The predicted octanol–water partition coefficient (Wildman–Crippen LogP) is 4.40. The fourth-order valence-electron chi connectivity index (χ4n) is 1.98. The first-order chi connectivity index (χ1) is 7.61. The van der Waals surface area contributed by atoms with Crippen LogP contribution in [0.3, 0.4) is 0 Å². The smallest absolute Gasteiger partial charge is 0.115 e. The molecule has 1 N–H and O–H groups in total. The van der Waals surface area contributed by atoms with Gasteiger partial charge in [0.05, 0.1) is 0 Å². The Bertz CT molecular complexity index is 287. The molecule has 1 atom stereocenters. The predicted molar refractivity (Wildman–Crippen MR) is 69.7 cm³/mol. The van der Waals surface area contributed by atoms with Gasteiger partial charge < -0.3 is 5.11 Å². The molecule has 0 spiro atoms. The highest BCUT2D eigenvalue weighted by molar-refractivity contribution is 5.26. The molecule has 0 radical (unpaired) electrons. The number of rotatable bonds is 6. The quantitative estimate of drug-likeness (QED) is 0.753.